The summed E-state index contributed by atoms with van der Waals surface area (Å²) >= 11 is 0. The van der Waals surface area contributed by atoms with Crippen LogP contribution < -0.4 is 11.1 Å². The van der Waals surface area contributed by atoms with Gasteiger partial charge in [-0.25, -0.2) is 9.78 Å². The molecule has 8 nitrogen and oxygen atoms in total. The average Bonchev–Trinajstić information content (AvgIpc) is 2.82. The van der Waals surface area contributed by atoms with Crippen LogP contribution in [0.1, 0.15) is 20.3 Å². The van der Waals surface area contributed by atoms with Crippen LogP contribution >= 0.6 is 0 Å². The van der Waals surface area contributed by atoms with E-state index >= 15 is 0 Å². The number of carboxylic acid groups (broad SMARTS) is 1. The number of nitrogens with one attached hydrogen (secondary N) is 2. The first-order valence-electron chi connectivity index (χ1n) is 5.98. The Labute approximate surface area is 109 Å². The molecule has 0 saturated carbocycles. The van der Waals surface area contributed by atoms with E-state index in [-0.39, 0.29) is 11.9 Å². The van der Waals surface area contributed by atoms with Crippen molar-refractivity contribution < 1.29 is 9.90 Å². The Kier molecular flexibility index (Phi) is 3.50. The number of hydrogen-bond donors (Lipinski definition) is 4. The summed E-state index contributed by atoms with van der Waals surface area (Å²) in [5.74, 6) is -0.575. The van der Waals surface area contributed by atoms with Gasteiger partial charge in [0.2, 0.25) is 5.95 Å². The largest absolute Gasteiger partial charge is 0.480 e. The molecule has 0 spiro atoms. The molecular weight excluding hydrogens is 248 g/mol. The van der Waals surface area contributed by atoms with Crippen LogP contribution in [-0.4, -0.2) is 37.1 Å². The van der Waals surface area contributed by atoms with E-state index in [9.17, 15) is 9.90 Å². The van der Waals surface area contributed by atoms with E-state index in [1.165, 1.54) is 6.33 Å². The minimum absolute atomic E-state index is 0.0494. The summed E-state index contributed by atoms with van der Waals surface area (Å²) in [6.45, 7) is 3.79. The van der Waals surface area contributed by atoms with Gasteiger partial charge in [0, 0.05) is 0 Å². The van der Waals surface area contributed by atoms with Crippen LogP contribution in [0.2, 0.25) is 0 Å². The molecule has 0 fully saturated rings. The number of nitrogens with two attached hydrogens (primary N) is 1. The number of carboxylic acids is 1. The van der Waals surface area contributed by atoms with Crippen molar-refractivity contribution in [2.24, 2.45) is 5.92 Å². The summed E-state index contributed by atoms with van der Waals surface area (Å²) < 4.78 is 0. The average molecular weight is 264 g/mol. The molecule has 0 saturated heterocycles. The highest BCUT2D eigenvalue weighted by Crippen LogP contribution is 2.20. The first-order chi connectivity index (χ1) is 9.02. The highest BCUT2D eigenvalue weighted by atomic mass is 16.4. The van der Waals surface area contributed by atoms with Gasteiger partial charge in [-0.2, -0.15) is 9.97 Å². The number of fused-ring (bicyclic) bond motifs is 1. The van der Waals surface area contributed by atoms with Crippen molar-refractivity contribution >= 4 is 28.9 Å². The zero-order valence-electron chi connectivity index (χ0n) is 10.7. The van der Waals surface area contributed by atoms with Crippen LogP contribution in [0.4, 0.5) is 11.8 Å². The lowest BCUT2D eigenvalue weighted by Crippen LogP contribution is -2.35. The highest BCUT2D eigenvalue weighted by Gasteiger charge is 2.25. The molecule has 0 unspecified atom stereocenters. The second-order valence-electron chi connectivity index (χ2n) is 4.38. The number of rotatable bonds is 5. The van der Waals surface area contributed by atoms with Crippen molar-refractivity contribution in [3.63, 3.8) is 0 Å². The molecule has 0 aliphatic heterocycles. The maximum absolute atomic E-state index is 11.3. The van der Waals surface area contributed by atoms with Crippen LogP contribution in [-0.2, 0) is 4.79 Å². The third-order valence-electron chi connectivity index (χ3n) is 3.07. The number of aromatic nitrogens is 4. The third-order valence-corrected chi connectivity index (χ3v) is 3.07. The van der Waals surface area contributed by atoms with E-state index in [4.69, 9.17) is 5.73 Å². The van der Waals surface area contributed by atoms with Crippen LogP contribution in [0, 0.1) is 5.92 Å². The van der Waals surface area contributed by atoms with Gasteiger partial charge in [-0.05, 0) is 5.92 Å². The normalized spacial score (nSPS) is 14.2. The van der Waals surface area contributed by atoms with Gasteiger partial charge < -0.3 is 21.1 Å². The molecule has 2 aromatic heterocycles. The van der Waals surface area contributed by atoms with Gasteiger partial charge in [0.1, 0.15) is 11.6 Å². The number of carbonyl (C=O) groups is 1. The first kappa shape index (κ1) is 13.1. The van der Waals surface area contributed by atoms with Gasteiger partial charge in [-0.3, -0.25) is 0 Å². The molecule has 19 heavy (non-hydrogen) atoms. The van der Waals surface area contributed by atoms with E-state index in [0.717, 1.165) is 6.42 Å². The van der Waals surface area contributed by atoms with E-state index in [1.807, 2.05) is 13.8 Å². The number of aliphatic carboxylic acids is 1. The predicted octanol–water partition coefficient (Wildman–Crippen LogP) is 0.846. The molecule has 8 heteroatoms. The van der Waals surface area contributed by atoms with E-state index < -0.39 is 12.0 Å². The maximum atomic E-state index is 11.3. The van der Waals surface area contributed by atoms with Gasteiger partial charge in [0.15, 0.2) is 11.5 Å². The van der Waals surface area contributed by atoms with Crippen molar-refractivity contribution in [1.82, 2.24) is 19.9 Å². The molecule has 0 aliphatic rings. The number of anilines is 2. The van der Waals surface area contributed by atoms with Gasteiger partial charge in [0.25, 0.3) is 0 Å². The third kappa shape index (κ3) is 2.56. The zero-order chi connectivity index (χ0) is 14.0. The van der Waals surface area contributed by atoms with Crippen LogP contribution in [0.3, 0.4) is 0 Å². The summed E-state index contributed by atoms with van der Waals surface area (Å²) in [7, 11) is 0. The Morgan fingerprint density at radius 3 is 2.95 bits per heavy atom. The lowest BCUT2D eigenvalue weighted by atomic mass is 9.99. The fraction of sp³-hybridized carbons (Fsp3) is 0.455. The molecule has 2 heterocycles. The van der Waals surface area contributed by atoms with Crippen LogP contribution in [0.5, 0.6) is 0 Å². The van der Waals surface area contributed by atoms with Gasteiger partial charge >= 0.3 is 5.97 Å². The summed E-state index contributed by atoms with van der Waals surface area (Å²) in [5, 5.41) is 12.2. The first-order valence-corrected chi connectivity index (χ1v) is 5.98. The second kappa shape index (κ2) is 5.09. The van der Waals surface area contributed by atoms with Crippen LogP contribution in [0.15, 0.2) is 6.33 Å². The summed E-state index contributed by atoms with van der Waals surface area (Å²) in [4.78, 5) is 26.1. The number of imidazole rings is 1. The monoisotopic (exact) mass is 264 g/mol. The number of hydrogen-bond acceptors (Lipinski definition) is 6. The smallest absolute Gasteiger partial charge is 0.326 e. The molecule has 0 radical (unpaired) electrons. The lowest BCUT2D eigenvalue weighted by molar-refractivity contribution is -0.139. The molecule has 102 valence electrons. The van der Waals surface area contributed by atoms with E-state index in [0.29, 0.717) is 17.0 Å². The molecule has 2 rings (SSSR count). The molecule has 0 bridgehead atoms. The predicted molar refractivity (Wildman–Crippen MR) is 70.6 cm³/mol. The molecule has 5 N–H and O–H groups in total. The number of nitrogens with zero attached hydrogens (tertiary/aromatic N) is 3. The number of nitrogen functional groups attached to an aromatic ring is 1. The summed E-state index contributed by atoms with van der Waals surface area (Å²) in [6, 6.07) is -0.745. The van der Waals surface area contributed by atoms with E-state index in [1.54, 1.807) is 0 Å². The van der Waals surface area contributed by atoms with Gasteiger partial charge in [0.05, 0.1) is 6.33 Å². The zero-order valence-corrected chi connectivity index (χ0v) is 10.7. The van der Waals surface area contributed by atoms with Crippen molar-refractivity contribution in [3.05, 3.63) is 6.33 Å². The summed E-state index contributed by atoms with van der Waals surface area (Å²) in [6.07, 6.45) is 2.19. The molecule has 0 aromatic carbocycles. The Bertz CT molecular complexity index is 596. The maximum Gasteiger partial charge on any atom is 0.326 e. The lowest BCUT2D eigenvalue weighted by Gasteiger charge is -2.20. The van der Waals surface area contributed by atoms with Gasteiger partial charge in [-0.1, -0.05) is 20.3 Å². The molecular formula is C11H16N6O2. The Morgan fingerprint density at radius 2 is 2.32 bits per heavy atom. The molecule has 0 aliphatic carbocycles. The minimum Gasteiger partial charge on any atom is -0.480 e. The molecule has 2 atom stereocenters. The minimum atomic E-state index is -0.931. The number of H-pyrrole nitrogens is 1. The van der Waals surface area contributed by atoms with Crippen LogP contribution in [0.25, 0.3) is 11.2 Å². The SMILES string of the molecule is CC[C@H](C)[C@@H](Nc1nc(N)nc2nc[nH]c12)C(=O)O. The highest BCUT2D eigenvalue weighted by molar-refractivity contribution is 5.86. The molecule has 2 aromatic rings. The standard InChI is InChI=1S/C11H16N6O2/c1-3-5(2)6(10(18)19)15-9-7-8(14-4-13-7)16-11(12)17-9/h4-6H,3H2,1-2H3,(H,18,19)(H4,12,13,14,15,16,17)/t5-,6+/m0/s1. The molecule has 0 amide bonds. The number of aromatic amines is 1. The summed E-state index contributed by atoms with van der Waals surface area (Å²) in [5.41, 5.74) is 6.53. The Morgan fingerprint density at radius 1 is 1.58 bits per heavy atom. The van der Waals surface area contributed by atoms with Crippen molar-refractivity contribution in [3.8, 4) is 0 Å². The second-order valence-corrected chi connectivity index (χ2v) is 4.38. The topological polar surface area (TPSA) is 130 Å². The Balaban J connectivity index is 2.38. The van der Waals surface area contributed by atoms with Crippen molar-refractivity contribution in [2.75, 3.05) is 11.1 Å². The Hall–Kier alpha value is -2.38. The van der Waals surface area contributed by atoms with Gasteiger partial charge in [-0.15, -0.1) is 0 Å². The fourth-order valence-electron chi connectivity index (χ4n) is 1.78. The van der Waals surface area contributed by atoms with Crippen molar-refractivity contribution in [2.45, 2.75) is 26.3 Å². The quantitative estimate of drug-likeness (QED) is 0.629. The van der Waals surface area contributed by atoms with Crippen molar-refractivity contribution in [1.29, 1.82) is 0 Å². The fourth-order valence-corrected chi connectivity index (χ4v) is 1.78. The van der Waals surface area contributed by atoms with E-state index in [2.05, 4.69) is 25.3 Å².